The molecular formula is C15H20N8. The van der Waals surface area contributed by atoms with Crippen LogP contribution in [0.15, 0.2) is 24.3 Å². The first kappa shape index (κ1) is 15.1. The van der Waals surface area contributed by atoms with Gasteiger partial charge in [-0.2, -0.15) is 5.10 Å². The van der Waals surface area contributed by atoms with Crippen LogP contribution in [0.25, 0.3) is 5.69 Å². The Hall–Kier alpha value is -2.77. The summed E-state index contributed by atoms with van der Waals surface area (Å²) in [5.74, 6) is 2.30. The number of nitrogens with two attached hydrogens (primary N) is 1. The standard InChI is InChI=1S/C15H20N8/c1-10(2)7-13-17-14(9-22-15(16)18-20-21-22)23(19-13)12-6-4-5-11(3)8-12/h4-6,8,10H,7,9H2,1-3H3,(H2,16,18,21). The van der Waals surface area contributed by atoms with Crippen molar-refractivity contribution < 1.29 is 0 Å². The Bertz CT molecular complexity index is 801. The Morgan fingerprint density at radius 2 is 2.09 bits per heavy atom. The zero-order valence-corrected chi connectivity index (χ0v) is 13.5. The lowest BCUT2D eigenvalue weighted by Gasteiger charge is -2.06. The zero-order valence-electron chi connectivity index (χ0n) is 13.5. The molecule has 2 N–H and O–H groups in total. The fourth-order valence-electron chi connectivity index (χ4n) is 2.37. The molecule has 0 bridgehead atoms. The maximum absolute atomic E-state index is 5.76. The van der Waals surface area contributed by atoms with E-state index in [4.69, 9.17) is 5.73 Å². The highest BCUT2D eigenvalue weighted by Crippen LogP contribution is 2.15. The predicted molar refractivity (Wildman–Crippen MR) is 86.0 cm³/mol. The average Bonchev–Trinajstić information content (AvgIpc) is 3.06. The molecule has 0 aliphatic heterocycles. The third-order valence-corrected chi connectivity index (χ3v) is 3.41. The molecule has 3 aromatic rings. The van der Waals surface area contributed by atoms with Crippen molar-refractivity contribution in [1.82, 2.24) is 35.0 Å². The van der Waals surface area contributed by atoms with Gasteiger partial charge in [0.1, 0.15) is 6.54 Å². The van der Waals surface area contributed by atoms with Crippen molar-refractivity contribution in [3.05, 3.63) is 41.5 Å². The molecule has 0 aliphatic rings. The number of nitrogen functional groups attached to an aromatic ring is 1. The van der Waals surface area contributed by atoms with Crippen LogP contribution in [0.5, 0.6) is 0 Å². The summed E-state index contributed by atoms with van der Waals surface area (Å²) in [5, 5.41) is 15.8. The van der Waals surface area contributed by atoms with Gasteiger partial charge < -0.3 is 5.73 Å². The minimum Gasteiger partial charge on any atom is -0.367 e. The first-order valence-corrected chi connectivity index (χ1v) is 7.56. The van der Waals surface area contributed by atoms with Crippen molar-refractivity contribution >= 4 is 5.95 Å². The van der Waals surface area contributed by atoms with Crippen LogP contribution in [0.4, 0.5) is 5.95 Å². The molecule has 3 rings (SSSR count). The van der Waals surface area contributed by atoms with E-state index in [9.17, 15) is 0 Å². The largest absolute Gasteiger partial charge is 0.367 e. The van der Waals surface area contributed by atoms with Crippen molar-refractivity contribution in [3.8, 4) is 5.69 Å². The molecule has 0 unspecified atom stereocenters. The molecule has 8 nitrogen and oxygen atoms in total. The van der Waals surface area contributed by atoms with Crippen LogP contribution in [-0.2, 0) is 13.0 Å². The lowest BCUT2D eigenvalue weighted by atomic mass is 10.1. The van der Waals surface area contributed by atoms with Crippen LogP contribution >= 0.6 is 0 Å². The Balaban J connectivity index is 2.02. The van der Waals surface area contributed by atoms with Crippen molar-refractivity contribution in [1.29, 1.82) is 0 Å². The number of rotatable bonds is 5. The van der Waals surface area contributed by atoms with Gasteiger partial charge in [0.05, 0.1) is 5.69 Å². The maximum Gasteiger partial charge on any atom is 0.240 e. The highest BCUT2D eigenvalue weighted by atomic mass is 15.6. The second-order valence-corrected chi connectivity index (χ2v) is 5.99. The van der Waals surface area contributed by atoms with Gasteiger partial charge in [-0.05, 0) is 41.0 Å². The Labute approximate surface area is 134 Å². The quantitative estimate of drug-likeness (QED) is 0.764. The van der Waals surface area contributed by atoms with E-state index < -0.39 is 0 Å². The number of aryl methyl sites for hydroxylation is 1. The molecule has 0 saturated heterocycles. The smallest absolute Gasteiger partial charge is 0.240 e. The Morgan fingerprint density at radius 3 is 2.74 bits per heavy atom. The van der Waals surface area contributed by atoms with Crippen molar-refractivity contribution in [2.24, 2.45) is 5.92 Å². The van der Waals surface area contributed by atoms with Gasteiger partial charge in [-0.15, -0.1) is 0 Å². The highest BCUT2D eigenvalue weighted by molar-refractivity contribution is 5.35. The molecule has 23 heavy (non-hydrogen) atoms. The summed E-state index contributed by atoms with van der Waals surface area (Å²) < 4.78 is 3.35. The molecule has 0 saturated carbocycles. The zero-order chi connectivity index (χ0) is 16.4. The molecule has 2 aromatic heterocycles. The lowest BCUT2D eigenvalue weighted by molar-refractivity contribution is 0.615. The van der Waals surface area contributed by atoms with Crippen LogP contribution in [0.3, 0.4) is 0 Å². The average molecular weight is 312 g/mol. The van der Waals surface area contributed by atoms with Gasteiger partial charge >= 0.3 is 0 Å². The van der Waals surface area contributed by atoms with Gasteiger partial charge in [-0.1, -0.05) is 31.1 Å². The molecule has 1 aromatic carbocycles. The first-order valence-electron chi connectivity index (χ1n) is 7.56. The minimum atomic E-state index is 0.259. The van der Waals surface area contributed by atoms with Gasteiger partial charge in [0.25, 0.3) is 0 Å². The maximum atomic E-state index is 5.76. The molecule has 0 radical (unpaired) electrons. The summed E-state index contributed by atoms with van der Waals surface area (Å²) in [6.45, 7) is 6.71. The summed E-state index contributed by atoms with van der Waals surface area (Å²) in [6.07, 6.45) is 0.816. The highest BCUT2D eigenvalue weighted by Gasteiger charge is 2.15. The van der Waals surface area contributed by atoms with Crippen molar-refractivity contribution in [2.75, 3.05) is 5.73 Å². The normalized spacial score (nSPS) is 11.3. The fraction of sp³-hybridized carbons (Fsp3) is 0.400. The summed E-state index contributed by atoms with van der Waals surface area (Å²) in [4.78, 5) is 4.65. The number of anilines is 1. The molecule has 120 valence electrons. The molecule has 0 atom stereocenters. The van der Waals surface area contributed by atoms with Crippen LogP contribution < -0.4 is 5.73 Å². The lowest BCUT2D eigenvalue weighted by Crippen LogP contribution is -2.12. The van der Waals surface area contributed by atoms with Gasteiger partial charge in [0.15, 0.2) is 11.6 Å². The number of benzene rings is 1. The van der Waals surface area contributed by atoms with E-state index in [0.717, 1.165) is 29.3 Å². The number of hydrogen-bond acceptors (Lipinski definition) is 6. The number of hydrogen-bond donors (Lipinski definition) is 1. The summed E-state index contributed by atoms with van der Waals surface area (Å²) in [6, 6.07) is 8.13. The van der Waals surface area contributed by atoms with E-state index in [1.165, 1.54) is 4.68 Å². The third-order valence-electron chi connectivity index (χ3n) is 3.41. The van der Waals surface area contributed by atoms with Gasteiger partial charge in [0, 0.05) is 6.42 Å². The fourth-order valence-corrected chi connectivity index (χ4v) is 2.37. The van der Waals surface area contributed by atoms with Gasteiger partial charge in [-0.25, -0.2) is 14.3 Å². The number of aromatic nitrogens is 7. The predicted octanol–water partition coefficient (Wildman–Crippen LogP) is 1.39. The summed E-state index contributed by atoms with van der Waals surface area (Å²) >= 11 is 0. The van der Waals surface area contributed by atoms with Crippen LogP contribution in [0.2, 0.25) is 0 Å². The van der Waals surface area contributed by atoms with Gasteiger partial charge in [0.2, 0.25) is 5.95 Å². The first-order chi connectivity index (χ1) is 11.0. The minimum absolute atomic E-state index is 0.259. The molecule has 2 heterocycles. The van der Waals surface area contributed by atoms with Gasteiger partial charge in [-0.3, -0.25) is 0 Å². The van der Waals surface area contributed by atoms with Crippen molar-refractivity contribution in [2.45, 2.75) is 33.7 Å². The van der Waals surface area contributed by atoms with E-state index >= 15 is 0 Å². The number of nitrogens with zero attached hydrogens (tertiary/aromatic N) is 7. The van der Waals surface area contributed by atoms with Crippen LogP contribution in [0.1, 0.15) is 31.1 Å². The Kier molecular flexibility index (Phi) is 4.05. The monoisotopic (exact) mass is 312 g/mol. The second kappa shape index (κ2) is 6.15. The molecule has 0 aliphatic carbocycles. The Morgan fingerprint density at radius 1 is 1.26 bits per heavy atom. The van der Waals surface area contributed by atoms with E-state index in [1.54, 1.807) is 0 Å². The van der Waals surface area contributed by atoms with E-state index in [1.807, 2.05) is 16.8 Å². The van der Waals surface area contributed by atoms with Crippen LogP contribution in [-0.4, -0.2) is 35.0 Å². The topological polar surface area (TPSA) is 100 Å². The van der Waals surface area contributed by atoms with E-state index in [0.29, 0.717) is 12.5 Å². The number of tetrazole rings is 1. The molecule has 8 heteroatoms. The SMILES string of the molecule is Cc1cccc(-n2nc(CC(C)C)nc2Cn2nnnc2N)c1. The molecular weight excluding hydrogens is 292 g/mol. The third kappa shape index (κ3) is 3.36. The summed E-state index contributed by atoms with van der Waals surface area (Å²) in [7, 11) is 0. The van der Waals surface area contributed by atoms with Crippen molar-refractivity contribution in [3.63, 3.8) is 0 Å². The molecule has 0 spiro atoms. The molecule has 0 amide bonds. The van der Waals surface area contributed by atoms with Crippen LogP contribution in [0, 0.1) is 12.8 Å². The summed E-state index contributed by atoms with van der Waals surface area (Å²) in [5.41, 5.74) is 7.89. The second-order valence-electron chi connectivity index (χ2n) is 5.99. The van der Waals surface area contributed by atoms with E-state index in [-0.39, 0.29) is 5.95 Å². The molecule has 0 fully saturated rings. The van der Waals surface area contributed by atoms with E-state index in [2.05, 4.69) is 58.5 Å².